The zero-order valence-electron chi connectivity index (χ0n) is 11.7. The van der Waals surface area contributed by atoms with Gasteiger partial charge in [-0.2, -0.15) is 0 Å². The van der Waals surface area contributed by atoms with E-state index in [1.165, 1.54) is 13.2 Å². The summed E-state index contributed by atoms with van der Waals surface area (Å²) in [4.78, 5) is 11.6. The normalized spacial score (nSPS) is 9.95. The average molecular weight is 287 g/mol. The minimum Gasteiger partial charge on any atom is -0.504 e. The highest BCUT2D eigenvalue weighted by Gasteiger charge is 2.06. The van der Waals surface area contributed by atoms with E-state index in [2.05, 4.69) is 5.32 Å². The second-order valence-electron chi connectivity index (χ2n) is 4.39. The summed E-state index contributed by atoms with van der Waals surface area (Å²) in [5, 5.41) is 12.4. The molecule has 0 radical (unpaired) electrons. The fourth-order valence-corrected chi connectivity index (χ4v) is 1.75. The number of ether oxygens (including phenoxy) is 2. The molecule has 2 aromatic rings. The number of nitrogens with one attached hydrogen (secondary N) is 1. The summed E-state index contributed by atoms with van der Waals surface area (Å²) in [6.07, 6.45) is 0. The van der Waals surface area contributed by atoms with Crippen molar-refractivity contribution in [3.05, 3.63) is 54.1 Å². The maximum Gasteiger partial charge on any atom is 0.325 e. The lowest BCUT2D eigenvalue weighted by Gasteiger charge is -2.09. The molecule has 0 aliphatic heterocycles. The van der Waals surface area contributed by atoms with Crippen LogP contribution >= 0.6 is 0 Å². The number of methoxy groups -OCH3 is 1. The van der Waals surface area contributed by atoms with Crippen molar-refractivity contribution in [2.24, 2.45) is 0 Å². The van der Waals surface area contributed by atoms with Crippen molar-refractivity contribution in [2.75, 3.05) is 19.0 Å². The van der Waals surface area contributed by atoms with E-state index in [4.69, 9.17) is 9.47 Å². The minimum atomic E-state index is -0.356. The maximum atomic E-state index is 11.6. The number of hydrogen-bond donors (Lipinski definition) is 2. The number of carbonyl (C=O) groups excluding carboxylic acids is 1. The second-order valence-corrected chi connectivity index (χ2v) is 4.39. The third-order valence-electron chi connectivity index (χ3n) is 2.86. The molecular formula is C16H17NO4. The minimum absolute atomic E-state index is 0.0424. The van der Waals surface area contributed by atoms with E-state index in [9.17, 15) is 9.90 Å². The van der Waals surface area contributed by atoms with Gasteiger partial charge < -0.3 is 19.9 Å². The van der Waals surface area contributed by atoms with E-state index < -0.39 is 0 Å². The van der Waals surface area contributed by atoms with Crippen molar-refractivity contribution in [3.63, 3.8) is 0 Å². The van der Waals surface area contributed by atoms with Crippen LogP contribution in [0.15, 0.2) is 48.5 Å². The fourth-order valence-electron chi connectivity index (χ4n) is 1.75. The van der Waals surface area contributed by atoms with Crippen molar-refractivity contribution < 1.29 is 19.4 Å². The van der Waals surface area contributed by atoms with E-state index >= 15 is 0 Å². The standard InChI is InChI=1S/C16H17NO4/c1-20-15-9-13(7-8-14(15)18)17-10-16(19)21-11-12-5-3-2-4-6-12/h2-9,17-18H,10-11H2,1H3. The van der Waals surface area contributed by atoms with E-state index in [1.54, 1.807) is 12.1 Å². The molecule has 5 nitrogen and oxygen atoms in total. The number of anilines is 1. The first-order chi connectivity index (χ1) is 10.2. The molecule has 0 unspecified atom stereocenters. The first-order valence-electron chi connectivity index (χ1n) is 6.49. The van der Waals surface area contributed by atoms with Crippen molar-refractivity contribution >= 4 is 11.7 Å². The van der Waals surface area contributed by atoms with Crippen LogP contribution in [0.3, 0.4) is 0 Å². The molecule has 21 heavy (non-hydrogen) atoms. The molecule has 0 bridgehead atoms. The zero-order chi connectivity index (χ0) is 15.1. The molecular weight excluding hydrogens is 270 g/mol. The summed E-state index contributed by atoms with van der Waals surface area (Å²) in [5.41, 5.74) is 1.61. The van der Waals surface area contributed by atoms with Crippen LogP contribution in [0.5, 0.6) is 11.5 Å². The number of benzene rings is 2. The molecule has 0 saturated heterocycles. The Kier molecular flexibility index (Phi) is 5.04. The number of aromatic hydroxyl groups is 1. The summed E-state index contributed by atoms with van der Waals surface area (Å²) in [6, 6.07) is 14.2. The molecule has 0 atom stereocenters. The highest BCUT2D eigenvalue weighted by atomic mass is 16.5. The number of rotatable bonds is 6. The van der Waals surface area contributed by atoms with Crippen LogP contribution in [-0.4, -0.2) is 24.7 Å². The highest BCUT2D eigenvalue weighted by molar-refractivity contribution is 5.75. The predicted molar refractivity (Wildman–Crippen MR) is 79.4 cm³/mol. The van der Waals surface area contributed by atoms with Gasteiger partial charge in [-0.05, 0) is 17.7 Å². The molecule has 0 aliphatic rings. The highest BCUT2D eigenvalue weighted by Crippen LogP contribution is 2.28. The Hall–Kier alpha value is -2.69. The first-order valence-corrected chi connectivity index (χ1v) is 6.49. The third kappa shape index (κ3) is 4.42. The Bertz CT molecular complexity index is 598. The van der Waals surface area contributed by atoms with Gasteiger partial charge in [-0.3, -0.25) is 4.79 Å². The molecule has 110 valence electrons. The Morgan fingerprint density at radius 3 is 2.67 bits per heavy atom. The van der Waals surface area contributed by atoms with Gasteiger partial charge in [-0.15, -0.1) is 0 Å². The summed E-state index contributed by atoms with van der Waals surface area (Å²) in [7, 11) is 1.47. The number of hydrogen-bond acceptors (Lipinski definition) is 5. The lowest BCUT2D eigenvalue weighted by atomic mass is 10.2. The van der Waals surface area contributed by atoms with Crippen molar-refractivity contribution in [3.8, 4) is 11.5 Å². The number of esters is 1. The summed E-state index contributed by atoms with van der Waals surface area (Å²) in [5.74, 6) is 0.0400. The summed E-state index contributed by atoms with van der Waals surface area (Å²) < 4.78 is 10.1. The Morgan fingerprint density at radius 1 is 1.19 bits per heavy atom. The van der Waals surface area contributed by atoms with Crippen LogP contribution < -0.4 is 10.1 Å². The molecule has 2 rings (SSSR count). The largest absolute Gasteiger partial charge is 0.504 e. The topological polar surface area (TPSA) is 67.8 Å². The van der Waals surface area contributed by atoms with Crippen molar-refractivity contribution in [1.82, 2.24) is 0 Å². The van der Waals surface area contributed by atoms with Gasteiger partial charge in [0.1, 0.15) is 13.2 Å². The fraction of sp³-hybridized carbons (Fsp3) is 0.188. The average Bonchev–Trinajstić information content (AvgIpc) is 2.53. The molecule has 0 aliphatic carbocycles. The molecule has 0 heterocycles. The molecule has 5 heteroatoms. The first kappa shape index (κ1) is 14.7. The maximum absolute atomic E-state index is 11.6. The SMILES string of the molecule is COc1cc(NCC(=O)OCc2ccccc2)ccc1O. The van der Waals surface area contributed by atoms with Gasteiger partial charge in [0.15, 0.2) is 11.5 Å². The Labute approximate surface area is 123 Å². The van der Waals surface area contributed by atoms with E-state index in [1.807, 2.05) is 30.3 Å². The van der Waals surface area contributed by atoms with Crippen LogP contribution in [0.4, 0.5) is 5.69 Å². The lowest BCUT2D eigenvalue weighted by molar-refractivity contribution is -0.142. The Morgan fingerprint density at radius 2 is 1.95 bits per heavy atom. The van der Waals surface area contributed by atoms with Crippen LogP contribution in [0, 0.1) is 0 Å². The van der Waals surface area contributed by atoms with Gasteiger partial charge in [0.2, 0.25) is 0 Å². The summed E-state index contributed by atoms with van der Waals surface area (Å²) in [6.45, 7) is 0.293. The number of carbonyl (C=O) groups is 1. The summed E-state index contributed by atoms with van der Waals surface area (Å²) >= 11 is 0. The quantitative estimate of drug-likeness (QED) is 0.631. The predicted octanol–water partition coefficient (Wildman–Crippen LogP) is 2.56. The molecule has 2 N–H and O–H groups in total. The van der Waals surface area contributed by atoms with Crippen LogP contribution in [-0.2, 0) is 16.1 Å². The van der Waals surface area contributed by atoms with Crippen LogP contribution in [0.1, 0.15) is 5.56 Å². The van der Waals surface area contributed by atoms with E-state index in [0.29, 0.717) is 11.4 Å². The molecule has 2 aromatic carbocycles. The van der Waals surface area contributed by atoms with Gasteiger partial charge in [-0.25, -0.2) is 0 Å². The number of phenolic OH excluding ortho intramolecular Hbond substituents is 1. The van der Waals surface area contributed by atoms with Crippen molar-refractivity contribution in [1.29, 1.82) is 0 Å². The van der Waals surface area contributed by atoms with Gasteiger partial charge in [0.05, 0.1) is 7.11 Å². The van der Waals surface area contributed by atoms with Crippen LogP contribution in [0.2, 0.25) is 0 Å². The zero-order valence-corrected chi connectivity index (χ0v) is 11.7. The van der Waals surface area contributed by atoms with E-state index in [-0.39, 0.29) is 24.9 Å². The van der Waals surface area contributed by atoms with Gasteiger partial charge in [0, 0.05) is 11.8 Å². The molecule has 0 spiro atoms. The Balaban J connectivity index is 1.81. The van der Waals surface area contributed by atoms with E-state index in [0.717, 1.165) is 5.56 Å². The van der Waals surface area contributed by atoms with Crippen LogP contribution in [0.25, 0.3) is 0 Å². The second kappa shape index (κ2) is 7.19. The molecule has 0 amide bonds. The lowest BCUT2D eigenvalue weighted by Crippen LogP contribution is -2.16. The molecule has 0 saturated carbocycles. The smallest absolute Gasteiger partial charge is 0.325 e. The van der Waals surface area contributed by atoms with Gasteiger partial charge in [0.25, 0.3) is 0 Å². The van der Waals surface area contributed by atoms with Crippen molar-refractivity contribution in [2.45, 2.75) is 6.61 Å². The third-order valence-corrected chi connectivity index (χ3v) is 2.86. The van der Waals surface area contributed by atoms with Gasteiger partial charge >= 0.3 is 5.97 Å². The van der Waals surface area contributed by atoms with Gasteiger partial charge in [-0.1, -0.05) is 30.3 Å². The molecule has 0 fully saturated rings. The monoisotopic (exact) mass is 287 g/mol. The number of phenols is 1. The molecule has 0 aromatic heterocycles.